The standard InChI is InChI=1S/C16H27N7O3/c1-22(2)16(10-23(26)12-24)9-7-5-3-4-6-8-13-17-11-18-15(19-13)21-20-14(16)25/h11-12,26H,3-10H2,1-2H3,(H,20,25)(H,17,18,19,21)/t16-/m1/s1. The van der Waals surface area contributed by atoms with Gasteiger partial charge in [-0.25, -0.2) is 10.0 Å². The Morgan fingerprint density at radius 1 is 1.19 bits per heavy atom. The molecular formula is C16H27N7O3. The number of amides is 2. The number of hydrogen-bond donors (Lipinski definition) is 3. The topological polar surface area (TPSA) is 124 Å². The lowest BCUT2D eigenvalue weighted by atomic mass is 9.89. The fourth-order valence-corrected chi connectivity index (χ4v) is 3.11. The van der Waals surface area contributed by atoms with E-state index < -0.39 is 5.54 Å². The molecule has 1 aromatic heterocycles. The first-order valence-corrected chi connectivity index (χ1v) is 8.80. The average Bonchev–Trinajstić information content (AvgIpc) is 2.63. The van der Waals surface area contributed by atoms with Gasteiger partial charge >= 0.3 is 0 Å². The van der Waals surface area contributed by atoms with Gasteiger partial charge < -0.3 is 0 Å². The van der Waals surface area contributed by atoms with Gasteiger partial charge in [-0.2, -0.15) is 9.97 Å². The smallest absolute Gasteiger partial charge is 0.260 e. The molecule has 1 aliphatic heterocycles. The van der Waals surface area contributed by atoms with Crippen molar-refractivity contribution < 1.29 is 14.8 Å². The Morgan fingerprint density at radius 2 is 1.92 bits per heavy atom. The van der Waals surface area contributed by atoms with Crippen molar-refractivity contribution in [1.29, 1.82) is 0 Å². The molecule has 26 heavy (non-hydrogen) atoms. The van der Waals surface area contributed by atoms with Crippen LogP contribution in [0, 0.1) is 0 Å². The average molecular weight is 365 g/mol. The van der Waals surface area contributed by atoms with E-state index in [9.17, 15) is 14.8 Å². The Hall–Kier alpha value is -2.33. The maximum Gasteiger partial charge on any atom is 0.260 e. The Labute approximate surface area is 152 Å². The monoisotopic (exact) mass is 365 g/mol. The zero-order chi connectivity index (χ0) is 19.0. The lowest BCUT2D eigenvalue weighted by Gasteiger charge is -2.39. The molecule has 144 valence electrons. The van der Waals surface area contributed by atoms with E-state index in [1.54, 1.807) is 19.0 Å². The summed E-state index contributed by atoms with van der Waals surface area (Å²) in [5.74, 6) is 0.557. The highest BCUT2D eigenvalue weighted by Crippen LogP contribution is 2.23. The third kappa shape index (κ3) is 5.09. The number of nitrogens with one attached hydrogen (secondary N) is 2. The van der Waals surface area contributed by atoms with Gasteiger partial charge in [0, 0.05) is 6.42 Å². The molecule has 0 fully saturated rings. The lowest BCUT2D eigenvalue weighted by Crippen LogP contribution is -2.62. The number of carbonyl (C=O) groups is 2. The predicted molar refractivity (Wildman–Crippen MR) is 94.0 cm³/mol. The van der Waals surface area contributed by atoms with Gasteiger partial charge in [0.25, 0.3) is 5.91 Å². The van der Waals surface area contributed by atoms with E-state index in [2.05, 4.69) is 25.8 Å². The number of hydroxylamine groups is 2. The summed E-state index contributed by atoms with van der Waals surface area (Å²) >= 11 is 0. The van der Waals surface area contributed by atoms with Gasteiger partial charge in [0.05, 0.1) is 6.54 Å². The van der Waals surface area contributed by atoms with Gasteiger partial charge in [0.15, 0.2) is 0 Å². The number of rotatable bonds is 4. The van der Waals surface area contributed by atoms with Crippen molar-refractivity contribution in [2.45, 2.75) is 50.5 Å². The molecule has 1 atom stereocenters. The van der Waals surface area contributed by atoms with E-state index in [0.717, 1.165) is 38.5 Å². The molecule has 0 aliphatic carbocycles. The summed E-state index contributed by atoms with van der Waals surface area (Å²) in [5.41, 5.74) is 4.24. The van der Waals surface area contributed by atoms with Crippen LogP contribution in [0.2, 0.25) is 0 Å². The highest BCUT2D eigenvalue weighted by molar-refractivity contribution is 5.87. The number of aryl methyl sites for hydroxylation is 1. The summed E-state index contributed by atoms with van der Waals surface area (Å²) in [6.07, 6.45) is 7.83. The molecule has 2 amide bonds. The second kappa shape index (κ2) is 9.39. The van der Waals surface area contributed by atoms with Crippen molar-refractivity contribution in [1.82, 2.24) is 30.3 Å². The zero-order valence-electron chi connectivity index (χ0n) is 15.3. The summed E-state index contributed by atoms with van der Waals surface area (Å²) in [7, 11) is 3.50. The van der Waals surface area contributed by atoms with Gasteiger partial charge in [0.1, 0.15) is 17.7 Å². The van der Waals surface area contributed by atoms with Crippen molar-refractivity contribution in [3.8, 4) is 0 Å². The van der Waals surface area contributed by atoms with Crippen molar-refractivity contribution in [2.24, 2.45) is 0 Å². The van der Waals surface area contributed by atoms with Gasteiger partial charge in [-0.1, -0.05) is 25.7 Å². The lowest BCUT2D eigenvalue weighted by molar-refractivity contribution is -0.162. The normalized spacial score (nSPS) is 22.1. The second-order valence-corrected chi connectivity index (χ2v) is 6.70. The van der Waals surface area contributed by atoms with Crippen LogP contribution in [0.4, 0.5) is 5.95 Å². The number of aromatic nitrogens is 3. The largest absolute Gasteiger partial charge is 0.294 e. The third-order valence-electron chi connectivity index (χ3n) is 4.72. The summed E-state index contributed by atoms with van der Waals surface area (Å²) in [6, 6.07) is 0. The molecule has 2 rings (SSSR count). The molecule has 10 nitrogen and oxygen atoms in total. The minimum atomic E-state index is -1.08. The second-order valence-electron chi connectivity index (χ2n) is 6.70. The molecule has 10 heteroatoms. The van der Waals surface area contributed by atoms with Crippen molar-refractivity contribution in [2.75, 3.05) is 26.1 Å². The molecule has 1 aromatic rings. The van der Waals surface area contributed by atoms with E-state index >= 15 is 0 Å². The molecule has 0 saturated carbocycles. The molecular weight excluding hydrogens is 338 g/mol. The first kappa shape index (κ1) is 20.0. The predicted octanol–water partition coefficient (Wildman–Crippen LogP) is 0.359. The van der Waals surface area contributed by atoms with Crippen LogP contribution < -0.4 is 10.9 Å². The van der Waals surface area contributed by atoms with Crippen LogP contribution in [0.15, 0.2) is 6.33 Å². The van der Waals surface area contributed by atoms with Gasteiger partial charge in [-0.3, -0.25) is 30.5 Å². The van der Waals surface area contributed by atoms with Crippen LogP contribution in [-0.4, -0.2) is 68.6 Å². The minimum Gasteiger partial charge on any atom is -0.294 e. The molecule has 0 radical (unpaired) electrons. The van der Waals surface area contributed by atoms with Gasteiger partial charge in [0.2, 0.25) is 12.4 Å². The summed E-state index contributed by atoms with van der Waals surface area (Å²) < 4.78 is 0. The highest BCUT2D eigenvalue weighted by atomic mass is 16.5. The number of likely N-dealkylation sites (N-methyl/N-ethyl adjacent to an activating group) is 1. The van der Waals surface area contributed by atoms with Crippen LogP contribution in [0.25, 0.3) is 0 Å². The minimum absolute atomic E-state index is 0.139. The number of hydrogen-bond acceptors (Lipinski definition) is 8. The quantitative estimate of drug-likeness (QED) is 0.397. The Balaban J connectivity index is 2.26. The maximum atomic E-state index is 13.0. The molecule has 1 aliphatic rings. The summed E-state index contributed by atoms with van der Waals surface area (Å²) in [4.78, 5) is 38.0. The zero-order valence-corrected chi connectivity index (χ0v) is 15.3. The van der Waals surface area contributed by atoms with E-state index in [-0.39, 0.29) is 18.4 Å². The van der Waals surface area contributed by atoms with Crippen molar-refractivity contribution in [3.05, 3.63) is 12.2 Å². The van der Waals surface area contributed by atoms with Crippen LogP contribution in [0.5, 0.6) is 0 Å². The van der Waals surface area contributed by atoms with Crippen LogP contribution >= 0.6 is 0 Å². The molecule has 0 unspecified atom stereocenters. The van der Waals surface area contributed by atoms with Gasteiger partial charge in [-0.05, 0) is 26.9 Å². The molecule has 0 aromatic carbocycles. The number of carbonyl (C=O) groups excluding carboxylic acids is 2. The maximum absolute atomic E-state index is 13.0. The molecule has 2 bridgehead atoms. The number of fused-ring (bicyclic) bond motifs is 2. The summed E-state index contributed by atoms with van der Waals surface area (Å²) in [5, 5.41) is 10.2. The fraction of sp³-hybridized carbons (Fsp3) is 0.688. The molecule has 3 N–H and O–H groups in total. The van der Waals surface area contributed by atoms with Crippen LogP contribution in [0.3, 0.4) is 0 Å². The number of hydrazine groups is 1. The van der Waals surface area contributed by atoms with E-state index in [1.807, 2.05) is 0 Å². The molecule has 2 heterocycles. The van der Waals surface area contributed by atoms with Crippen molar-refractivity contribution in [3.63, 3.8) is 0 Å². The molecule has 0 saturated heterocycles. The molecule has 0 spiro atoms. The SMILES string of the molecule is CN(C)[C@@]1(CN(O)C=O)CCCCCCCc2ncnc(n2)NNC1=O. The van der Waals surface area contributed by atoms with E-state index in [1.165, 1.54) is 6.33 Å². The third-order valence-corrected chi connectivity index (χ3v) is 4.72. The van der Waals surface area contributed by atoms with Crippen LogP contribution in [0.1, 0.15) is 44.3 Å². The van der Waals surface area contributed by atoms with Crippen LogP contribution in [-0.2, 0) is 16.0 Å². The van der Waals surface area contributed by atoms with Crippen molar-refractivity contribution >= 4 is 18.3 Å². The highest BCUT2D eigenvalue weighted by Gasteiger charge is 2.42. The Bertz CT molecular complexity index is 613. The Morgan fingerprint density at radius 3 is 2.65 bits per heavy atom. The van der Waals surface area contributed by atoms with Gasteiger partial charge in [-0.15, -0.1) is 0 Å². The number of nitrogens with zero attached hydrogens (tertiary/aromatic N) is 5. The van der Waals surface area contributed by atoms with E-state index in [0.29, 0.717) is 23.7 Å². The summed E-state index contributed by atoms with van der Waals surface area (Å²) in [6.45, 7) is -0.139. The first-order chi connectivity index (χ1) is 12.5. The Kier molecular flexibility index (Phi) is 7.22. The van der Waals surface area contributed by atoms with E-state index in [4.69, 9.17) is 0 Å². The number of anilines is 1. The fourth-order valence-electron chi connectivity index (χ4n) is 3.11. The first-order valence-electron chi connectivity index (χ1n) is 8.80.